The van der Waals surface area contributed by atoms with Crippen LogP contribution in [-0.4, -0.2) is 41.9 Å². The van der Waals surface area contributed by atoms with Gasteiger partial charge in [0.15, 0.2) is 0 Å². The molecule has 0 unspecified atom stereocenters. The Morgan fingerprint density at radius 1 is 1.38 bits per heavy atom. The Hall–Kier alpha value is -1.21. The largest absolute Gasteiger partial charge is 0.416 e. The summed E-state index contributed by atoms with van der Waals surface area (Å²) in [6.45, 7) is 1.86. The van der Waals surface area contributed by atoms with Crippen LogP contribution >= 0.6 is 11.8 Å². The second-order valence-electron chi connectivity index (χ2n) is 5.94. The molecule has 0 bridgehead atoms. The summed E-state index contributed by atoms with van der Waals surface area (Å²) in [5.41, 5.74) is -0.00186. The molecule has 1 fully saturated rings. The first-order valence-corrected chi connectivity index (χ1v) is 9.46. The van der Waals surface area contributed by atoms with E-state index in [1.807, 2.05) is 11.2 Å². The number of hydrogen-bond acceptors (Lipinski definition) is 3. The fourth-order valence-corrected chi connectivity index (χ4v) is 3.33. The molecule has 1 saturated heterocycles. The Morgan fingerprint density at radius 3 is 2.88 bits per heavy atom. The third-order valence-electron chi connectivity index (χ3n) is 4.23. The zero-order valence-electron chi connectivity index (χ0n) is 13.7. The van der Waals surface area contributed by atoms with Gasteiger partial charge in [-0.2, -0.15) is 24.9 Å². The number of amides is 1. The number of thioether (sulfide) groups is 1. The molecule has 0 aliphatic carbocycles. The van der Waals surface area contributed by atoms with Gasteiger partial charge in [0, 0.05) is 31.3 Å². The molecule has 3 nitrogen and oxygen atoms in total. The molecule has 0 aromatic heterocycles. The molecule has 1 heterocycles. The summed E-state index contributed by atoms with van der Waals surface area (Å²) < 4.78 is 38.0. The molecular weight excluding hydrogens is 337 g/mol. The molecule has 1 aromatic carbocycles. The molecule has 1 N–H and O–H groups in total. The number of benzene rings is 1. The van der Waals surface area contributed by atoms with Crippen LogP contribution in [0.2, 0.25) is 0 Å². The maximum Gasteiger partial charge on any atom is 0.416 e. The monoisotopic (exact) mass is 360 g/mol. The molecule has 1 amide bonds. The van der Waals surface area contributed by atoms with Crippen molar-refractivity contribution in [3.05, 3.63) is 35.4 Å². The maximum atomic E-state index is 12.7. The molecule has 7 heteroatoms. The molecule has 1 aliphatic rings. The predicted molar refractivity (Wildman–Crippen MR) is 90.9 cm³/mol. The topological polar surface area (TPSA) is 32.3 Å². The van der Waals surface area contributed by atoms with E-state index in [1.54, 1.807) is 17.8 Å². The Labute approximate surface area is 145 Å². The van der Waals surface area contributed by atoms with Gasteiger partial charge in [-0.1, -0.05) is 18.2 Å². The van der Waals surface area contributed by atoms with Crippen molar-refractivity contribution in [3.8, 4) is 0 Å². The molecule has 0 radical (unpaired) electrons. The first-order valence-electron chi connectivity index (χ1n) is 8.07. The smallest absolute Gasteiger partial charge is 0.339 e. The summed E-state index contributed by atoms with van der Waals surface area (Å²) in [5, 5.41) is 3.19. The van der Waals surface area contributed by atoms with Gasteiger partial charge in [-0.3, -0.25) is 4.79 Å². The van der Waals surface area contributed by atoms with Crippen LogP contribution in [0.3, 0.4) is 0 Å². The van der Waals surface area contributed by atoms with E-state index in [0.29, 0.717) is 25.1 Å². The van der Waals surface area contributed by atoms with Crippen LogP contribution in [-0.2, 0) is 17.5 Å². The summed E-state index contributed by atoms with van der Waals surface area (Å²) in [6, 6.07) is 5.62. The number of nitrogens with one attached hydrogen (secondary N) is 1. The van der Waals surface area contributed by atoms with E-state index in [1.165, 1.54) is 12.1 Å². The van der Waals surface area contributed by atoms with Crippen LogP contribution in [0, 0.1) is 0 Å². The number of carbonyl (C=O) groups is 1. The fraction of sp³-hybridized carbons (Fsp3) is 0.588. The summed E-state index contributed by atoms with van der Waals surface area (Å²) in [5.74, 6) is 1.15. The third kappa shape index (κ3) is 5.41. The van der Waals surface area contributed by atoms with Gasteiger partial charge >= 0.3 is 6.18 Å². The molecule has 1 atom stereocenters. The van der Waals surface area contributed by atoms with Crippen molar-refractivity contribution in [1.82, 2.24) is 10.2 Å². The lowest BCUT2D eigenvalue weighted by Gasteiger charge is -2.24. The first kappa shape index (κ1) is 19.1. The Morgan fingerprint density at radius 2 is 2.17 bits per heavy atom. The van der Waals surface area contributed by atoms with Crippen molar-refractivity contribution < 1.29 is 18.0 Å². The third-order valence-corrected chi connectivity index (χ3v) is 4.82. The van der Waals surface area contributed by atoms with E-state index < -0.39 is 11.7 Å². The standard InChI is InChI=1S/C17H23F3N2OS/c1-24-10-9-22-15(5-6-16(22)23)7-8-21-12-13-3-2-4-14(11-13)17(18,19)20/h2-4,11,15,21H,5-10,12H2,1H3/t15-/m1/s1. The molecular formula is C17H23F3N2OS. The van der Waals surface area contributed by atoms with E-state index >= 15 is 0 Å². The van der Waals surface area contributed by atoms with Crippen LogP contribution in [0.4, 0.5) is 13.2 Å². The molecule has 0 saturated carbocycles. The number of carbonyl (C=O) groups excluding carboxylic acids is 1. The average molecular weight is 360 g/mol. The molecule has 0 spiro atoms. The van der Waals surface area contributed by atoms with Gasteiger partial charge < -0.3 is 10.2 Å². The summed E-state index contributed by atoms with van der Waals surface area (Å²) in [7, 11) is 0. The SMILES string of the molecule is CSCCN1C(=O)CC[C@@H]1CCNCc1cccc(C(F)(F)F)c1. The number of nitrogens with zero attached hydrogens (tertiary/aromatic N) is 1. The fourth-order valence-electron chi connectivity index (χ4n) is 2.95. The summed E-state index contributed by atoms with van der Waals surface area (Å²) in [4.78, 5) is 13.8. The Bertz CT molecular complexity index is 551. The number of alkyl halides is 3. The number of hydrogen-bond donors (Lipinski definition) is 1. The second kappa shape index (κ2) is 8.76. The van der Waals surface area contributed by atoms with Crippen LogP contribution in [0.15, 0.2) is 24.3 Å². The highest BCUT2D eigenvalue weighted by Gasteiger charge is 2.31. The zero-order valence-corrected chi connectivity index (χ0v) is 14.6. The molecule has 1 aliphatic heterocycles. The van der Waals surface area contributed by atoms with E-state index in [2.05, 4.69) is 5.32 Å². The van der Waals surface area contributed by atoms with Gasteiger partial charge in [0.05, 0.1) is 5.56 Å². The van der Waals surface area contributed by atoms with Gasteiger partial charge in [-0.15, -0.1) is 0 Å². The second-order valence-corrected chi connectivity index (χ2v) is 6.92. The lowest BCUT2D eigenvalue weighted by Crippen LogP contribution is -2.36. The highest BCUT2D eigenvalue weighted by Crippen LogP contribution is 2.29. The van der Waals surface area contributed by atoms with Gasteiger partial charge in [0.1, 0.15) is 0 Å². The number of likely N-dealkylation sites (tertiary alicyclic amines) is 1. The van der Waals surface area contributed by atoms with Crippen molar-refractivity contribution in [2.24, 2.45) is 0 Å². The number of rotatable bonds is 8. The van der Waals surface area contributed by atoms with E-state index in [4.69, 9.17) is 0 Å². The van der Waals surface area contributed by atoms with E-state index in [0.717, 1.165) is 31.2 Å². The van der Waals surface area contributed by atoms with Crippen molar-refractivity contribution in [3.63, 3.8) is 0 Å². The minimum Gasteiger partial charge on any atom is -0.339 e. The maximum absolute atomic E-state index is 12.7. The van der Waals surface area contributed by atoms with Crippen LogP contribution < -0.4 is 5.32 Å². The molecule has 24 heavy (non-hydrogen) atoms. The van der Waals surface area contributed by atoms with Crippen LogP contribution in [0.5, 0.6) is 0 Å². The quantitative estimate of drug-likeness (QED) is 0.720. The zero-order chi connectivity index (χ0) is 17.6. The van der Waals surface area contributed by atoms with Crippen LogP contribution in [0.25, 0.3) is 0 Å². The van der Waals surface area contributed by atoms with Crippen molar-refractivity contribution in [2.75, 3.05) is 25.1 Å². The Balaban J connectivity index is 1.77. The van der Waals surface area contributed by atoms with Gasteiger partial charge in [0.25, 0.3) is 0 Å². The number of halogens is 3. The van der Waals surface area contributed by atoms with Gasteiger partial charge in [-0.05, 0) is 37.3 Å². The molecule has 2 rings (SSSR count). The highest BCUT2D eigenvalue weighted by molar-refractivity contribution is 7.98. The predicted octanol–water partition coefficient (Wildman–Crippen LogP) is 3.54. The van der Waals surface area contributed by atoms with E-state index in [9.17, 15) is 18.0 Å². The molecule has 1 aromatic rings. The normalized spacial score (nSPS) is 18.4. The van der Waals surface area contributed by atoms with Gasteiger partial charge in [-0.25, -0.2) is 0 Å². The summed E-state index contributed by atoms with van der Waals surface area (Å²) >= 11 is 1.72. The van der Waals surface area contributed by atoms with E-state index in [-0.39, 0.29) is 11.9 Å². The highest BCUT2D eigenvalue weighted by atomic mass is 32.2. The minimum absolute atomic E-state index is 0.215. The Kier molecular flexibility index (Phi) is 6.98. The lowest BCUT2D eigenvalue weighted by molar-refractivity contribution is -0.137. The summed E-state index contributed by atoms with van der Waals surface area (Å²) in [6.07, 6.45) is 0.0222. The van der Waals surface area contributed by atoms with Crippen molar-refractivity contribution >= 4 is 17.7 Å². The average Bonchev–Trinajstić information content (AvgIpc) is 2.89. The first-order chi connectivity index (χ1) is 11.4. The van der Waals surface area contributed by atoms with Crippen molar-refractivity contribution in [1.29, 1.82) is 0 Å². The van der Waals surface area contributed by atoms with Gasteiger partial charge in [0.2, 0.25) is 5.91 Å². The minimum atomic E-state index is -4.31. The lowest BCUT2D eigenvalue weighted by atomic mass is 10.1. The van der Waals surface area contributed by atoms with Crippen molar-refractivity contribution in [2.45, 2.75) is 38.0 Å². The molecule has 134 valence electrons. The van der Waals surface area contributed by atoms with Crippen LogP contribution in [0.1, 0.15) is 30.4 Å².